The van der Waals surface area contributed by atoms with Gasteiger partial charge in [0.1, 0.15) is 0 Å². The first kappa shape index (κ1) is 15.4. The molecule has 0 amide bonds. The van der Waals surface area contributed by atoms with Crippen LogP contribution in [-0.2, 0) is 0 Å². The highest BCUT2D eigenvalue weighted by molar-refractivity contribution is 5.62. The second kappa shape index (κ2) is 6.70. The highest BCUT2D eigenvalue weighted by Gasteiger charge is 2.09. The van der Waals surface area contributed by atoms with Crippen molar-refractivity contribution in [1.29, 1.82) is 0 Å². The average Bonchev–Trinajstić information content (AvgIpc) is 2.62. The fraction of sp³-hybridized carbons (Fsp3) is 0.182. The Hall–Kier alpha value is -2.54. The maximum atomic E-state index is 2.26. The van der Waals surface area contributed by atoms with Crippen LogP contribution in [0.1, 0.15) is 29.5 Å². The average molecular weight is 301 g/mol. The van der Waals surface area contributed by atoms with Gasteiger partial charge in [0.15, 0.2) is 0 Å². The van der Waals surface area contributed by atoms with Gasteiger partial charge >= 0.3 is 0 Å². The number of benzene rings is 3. The molecule has 0 radical (unpaired) electrons. The van der Waals surface area contributed by atoms with Gasteiger partial charge in [-0.1, -0.05) is 67.1 Å². The number of hydrogen-bond donors (Lipinski definition) is 0. The lowest BCUT2D eigenvalue weighted by Crippen LogP contribution is -2.09. The van der Waals surface area contributed by atoms with Gasteiger partial charge in [0, 0.05) is 24.3 Å². The molecule has 3 rings (SSSR count). The molecular weight excluding hydrogens is 278 g/mol. The van der Waals surface area contributed by atoms with Crippen molar-refractivity contribution in [2.45, 2.75) is 19.8 Å². The highest BCUT2D eigenvalue weighted by Crippen LogP contribution is 2.28. The zero-order valence-electron chi connectivity index (χ0n) is 14.0. The number of hydrogen-bond acceptors (Lipinski definition) is 1. The van der Waals surface area contributed by atoms with Crippen LogP contribution in [-0.4, -0.2) is 7.05 Å². The predicted octanol–water partition coefficient (Wildman–Crippen LogP) is 5.91. The molecule has 0 aliphatic heterocycles. The monoisotopic (exact) mass is 301 g/mol. The number of aryl methyl sites for hydroxylation is 1. The maximum Gasteiger partial charge on any atom is 0.0408 e. The van der Waals surface area contributed by atoms with Crippen molar-refractivity contribution < 1.29 is 0 Å². The second-order valence-corrected chi connectivity index (χ2v) is 6.12. The molecule has 1 heteroatoms. The Kier molecular flexibility index (Phi) is 4.47. The van der Waals surface area contributed by atoms with Crippen molar-refractivity contribution in [3.8, 4) is 0 Å². The minimum Gasteiger partial charge on any atom is -0.345 e. The van der Waals surface area contributed by atoms with Crippen LogP contribution < -0.4 is 4.90 Å². The van der Waals surface area contributed by atoms with Gasteiger partial charge in [0.2, 0.25) is 0 Å². The summed E-state index contributed by atoms with van der Waals surface area (Å²) in [6.07, 6.45) is 0. The SMILES string of the molecule is Cc1ccc(C(C)c2ccc(N(C)c3ccccc3)cc2)cc1. The van der Waals surface area contributed by atoms with E-state index in [2.05, 4.69) is 98.6 Å². The van der Waals surface area contributed by atoms with Crippen LogP contribution in [0.5, 0.6) is 0 Å². The summed E-state index contributed by atoms with van der Waals surface area (Å²) in [6.45, 7) is 4.39. The quantitative estimate of drug-likeness (QED) is 0.578. The molecule has 0 aliphatic rings. The first-order chi connectivity index (χ1) is 11.1. The normalized spacial score (nSPS) is 12.0. The van der Waals surface area contributed by atoms with E-state index in [-0.39, 0.29) is 0 Å². The summed E-state index contributed by atoms with van der Waals surface area (Å²) >= 11 is 0. The molecule has 0 bridgehead atoms. The molecule has 1 unspecified atom stereocenters. The van der Waals surface area contributed by atoms with Crippen LogP contribution in [0.3, 0.4) is 0 Å². The molecule has 1 nitrogen and oxygen atoms in total. The molecule has 0 aliphatic carbocycles. The molecule has 0 fully saturated rings. The second-order valence-electron chi connectivity index (χ2n) is 6.12. The third kappa shape index (κ3) is 3.45. The van der Waals surface area contributed by atoms with Crippen LogP contribution in [0, 0.1) is 6.92 Å². The lowest BCUT2D eigenvalue weighted by molar-refractivity contribution is 0.921. The van der Waals surface area contributed by atoms with Crippen LogP contribution in [0.2, 0.25) is 0 Å². The molecule has 3 aromatic rings. The third-order valence-electron chi connectivity index (χ3n) is 4.50. The van der Waals surface area contributed by atoms with Gasteiger partial charge in [-0.25, -0.2) is 0 Å². The molecule has 116 valence electrons. The number of rotatable bonds is 4. The lowest BCUT2D eigenvalue weighted by Gasteiger charge is -2.20. The Morgan fingerprint density at radius 2 is 1.13 bits per heavy atom. The Bertz CT molecular complexity index is 742. The van der Waals surface area contributed by atoms with Crippen molar-refractivity contribution in [3.63, 3.8) is 0 Å². The molecule has 0 saturated heterocycles. The highest BCUT2D eigenvalue weighted by atomic mass is 15.1. The third-order valence-corrected chi connectivity index (χ3v) is 4.50. The van der Waals surface area contributed by atoms with Crippen LogP contribution >= 0.6 is 0 Å². The fourth-order valence-corrected chi connectivity index (χ4v) is 2.83. The first-order valence-electron chi connectivity index (χ1n) is 8.10. The van der Waals surface area contributed by atoms with E-state index in [0.29, 0.717) is 5.92 Å². The predicted molar refractivity (Wildman–Crippen MR) is 99.6 cm³/mol. The number of nitrogens with zero attached hydrogens (tertiary/aromatic N) is 1. The molecule has 0 heterocycles. The molecule has 3 aromatic carbocycles. The molecule has 1 atom stereocenters. The van der Waals surface area contributed by atoms with Crippen molar-refractivity contribution >= 4 is 11.4 Å². The van der Waals surface area contributed by atoms with E-state index >= 15 is 0 Å². The summed E-state index contributed by atoms with van der Waals surface area (Å²) in [6, 6.07) is 28.1. The zero-order valence-corrected chi connectivity index (χ0v) is 14.0. The maximum absolute atomic E-state index is 2.26. The summed E-state index contributed by atoms with van der Waals surface area (Å²) in [5.74, 6) is 0.409. The van der Waals surface area contributed by atoms with E-state index < -0.39 is 0 Å². The van der Waals surface area contributed by atoms with E-state index in [0.717, 1.165) is 0 Å². The zero-order chi connectivity index (χ0) is 16.2. The van der Waals surface area contributed by atoms with Crippen LogP contribution in [0.4, 0.5) is 11.4 Å². The van der Waals surface area contributed by atoms with E-state index in [1.807, 2.05) is 6.07 Å². The van der Waals surface area contributed by atoms with Crippen molar-refractivity contribution in [1.82, 2.24) is 0 Å². The van der Waals surface area contributed by atoms with E-state index in [4.69, 9.17) is 0 Å². The number of para-hydroxylation sites is 1. The Morgan fingerprint density at radius 1 is 0.652 bits per heavy atom. The lowest BCUT2D eigenvalue weighted by atomic mass is 9.92. The van der Waals surface area contributed by atoms with Crippen molar-refractivity contribution in [2.24, 2.45) is 0 Å². The Morgan fingerprint density at radius 3 is 1.70 bits per heavy atom. The molecule has 0 N–H and O–H groups in total. The van der Waals surface area contributed by atoms with Gasteiger partial charge in [-0.05, 0) is 42.3 Å². The topological polar surface area (TPSA) is 3.24 Å². The molecule has 0 spiro atoms. The summed E-state index contributed by atoms with van der Waals surface area (Å²) < 4.78 is 0. The Labute approximate surface area is 139 Å². The molecule has 0 saturated carbocycles. The van der Waals surface area contributed by atoms with Gasteiger partial charge in [0.05, 0.1) is 0 Å². The number of anilines is 2. The van der Waals surface area contributed by atoms with E-state index in [1.165, 1.54) is 28.1 Å². The van der Waals surface area contributed by atoms with Crippen LogP contribution in [0.15, 0.2) is 78.9 Å². The molecular formula is C22H23N. The Balaban J connectivity index is 1.80. The summed E-state index contributed by atoms with van der Waals surface area (Å²) in [5.41, 5.74) is 6.42. The van der Waals surface area contributed by atoms with Crippen LogP contribution in [0.25, 0.3) is 0 Å². The van der Waals surface area contributed by atoms with E-state index in [9.17, 15) is 0 Å². The van der Waals surface area contributed by atoms with Gasteiger partial charge in [-0.15, -0.1) is 0 Å². The molecule has 0 aromatic heterocycles. The largest absolute Gasteiger partial charge is 0.345 e. The minimum atomic E-state index is 0.409. The smallest absolute Gasteiger partial charge is 0.0408 e. The minimum absolute atomic E-state index is 0.409. The fourth-order valence-electron chi connectivity index (χ4n) is 2.83. The first-order valence-corrected chi connectivity index (χ1v) is 8.10. The van der Waals surface area contributed by atoms with Gasteiger partial charge < -0.3 is 4.90 Å². The van der Waals surface area contributed by atoms with Gasteiger partial charge in [-0.2, -0.15) is 0 Å². The van der Waals surface area contributed by atoms with Crippen molar-refractivity contribution in [3.05, 3.63) is 95.6 Å². The summed E-state index contributed by atoms with van der Waals surface area (Å²) in [4.78, 5) is 2.21. The van der Waals surface area contributed by atoms with Gasteiger partial charge in [-0.3, -0.25) is 0 Å². The standard InChI is InChI=1S/C22H23N/c1-17-9-11-19(12-10-17)18(2)20-13-15-22(16-14-20)23(3)21-7-5-4-6-8-21/h4-16,18H,1-3H3. The summed E-state index contributed by atoms with van der Waals surface area (Å²) in [7, 11) is 2.10. The summed E-state index contributed by atoms with van der Waals surface area (Å²) in [5, 5.41) is 0. The molecule has 23 heavy (non-hydrogen) atoms. The van der Waals surface area contributed by atoms with Gasteiger partial charge in [0.25, 0.3) is 0 Å². The van der Waals surface area contributed by atoms with Crippen molar-refractivity contribution in [2.75, 3.05) is 11.9 Å². The van der Waals surface area contributed by atoms with E-state index in [1.54, 1.807) is 0 Å².